The van der Waals surface area contributed by atoms with Crippen LogP contribution in [0.15, 0.2) is 24.3 Å². The first-order valence-electron chi connectivity index (χ1n) is 6.34. The molecule has 0 aliphatic heterocycles. The molecular weight excluding hydrogens is 240 g/mol. The zero-order chi connectivity index (χ0) is 12.7. The predicted molar refractivity (Wildman–Crippen MR) is 80.5 cm³/mol. The van der Waals surface area contributed by atoms with Gasteiger partial charge in [-0.25, -0.2) is 0 Å². The number of fused-ring (bicyclic) bond motifs is 1. The van der Waals surface area contributed by atoms with Crippen molar-refractivity contribution in [2.75, 3.05) is 24.7 Å². The van der Waals surface area contributed by atoms with Crippen LogP contribution in [-0.4, -0.2) is 14.1 Å². The third kappa shape index (κ3) is 1.79. The zero-order valence-electron chi connectivity index (χ0n) is 10.9. The van der Waals surface area contributed by atoms with Crippen molar-refractivity contribution < 1.29 is 0 Å². The molecule has 2 aromatic rings. The van der Waals surface area contributed by atoms with Gasteiger partial charge in [0.05, 0.1) is 5.00 Å². The van der Waals surface area contributed by atoms with E-state index in [-0.39, 0.29) is 0 Å². The Labute approximate surface area is 112 Å². The number of hydrogen-bond acceptors (Lipinski definition) is 3. The van der Waals surface area contributed by atoms with Crippen LogP contribution in [0.5, 0.6) is 0 Å². The molecule has 0 unspecified atom stereocenters. The molecule has 0 spiro atoms. The van der Waals surface area contributed by atoms with Crippen molar-refractivity contribution in [1.82, 2.24) is 0 Å². The summed E-state index contributed by atoms with van der Waals surface area (Å²) in [7, 11) is 4.12. The molecule has 3 heteroatoms. The second kappa shape index (κ2) is 4.32. The Kier molecular flexibility index (Phi) is 2.78. The summed E-state index contributed by atoms with van der Waals surface area (Å²) in [5.74, 6) is 0. The first-order chi connectivity index (χ1) is 8.66. The molecule has 0 atom stereocenters. The number of nitrogens with zero attached hydrogens (tertiary/aromatic N) is 1. The number of anilines is 2. The number of benzene rings is 1. The summed E-state index contributed by atoms with van der Waals surface area (Å²) in [5, 5.41) is 0.984. The van der Waals surface area contributed by atoms with E-state index in [0.29, 0.717) is 0 Å². The Morgan fingerprint density at radius 1 is 1.11 bits per heavy atom. The number of hydrogen-bond donors (Lipinski definition) is 1. The zero-order valence-corrected chi connectivity index (χ0v) is 11.7. The molecule has 0 radical (unpaired) electrons. The van der Waals surface area contributed by atoms with Gasteiger partial charge in [0.2, 0.25) is 0 Å². The van der Waals surface area contributed by atoms with Crippen LogP contribution in [0.2, 0.25) is 0 Å². The summed E-state index contributed by atoms with van der Waals surface area (Å²) >= 11 is 1.78. The highest BCUT2D eigenvalue weighted by Gasteiger charge is 2.21. The van der Waals surface area contributed by atoms with Crippen LogP contribution in [0, 0.1) is 0 Å². The minimum atomic E-state index is 0.984. The van der Waals surface area contributed by atoms with Crippen molar-refractivity contribution in [3.05, 3.63) is 34.7 Å². The quantitative estimate of drug-likeness (QED) is 0.892. The van der Waals surface area contributed by atoms with Crippen LogP contribution >= 0.6 is 11.3 Å². The molecular formula is C15H18N2S. The molecule has 2 N–H and O–H groups in total. The minimum absolute atomic E-state index is 0.984. The summed E-state index contributed by atoms with van der Waals surface area (Å²) in [6, 6.07) is 8.69. The molecule has 0 saturated heterocycles. The van der Waals surface area contributed by atoms with E-state index in [0.717, 1.165) is 5.00 Å². The largest absolute Gasteiger partial charge is 0.390 e. The van der Waals surface area contributed by atoms with Gasteiger partial charge in [0.25, 0.3) is 0 Å². The van der Waals surface area contributed by atoms with Gasteiger partial charge in [0.1, 0.15) is 0 Å². The van der Waals surface area contributed by atoms with E-state index in [1.807, 2.05) is 0 Å². The topological polar surface area (TPSA) is 29.3 Å². The molecule has 3 rings (SSSR count). The maximum Gasteiger partial charge on any atom is 0.0941 e. The molecule has 94 valence electrons. The van der Waals surface area contributed by atoms with E-state index < -0.39 is 0 Å². The fraction of sp³-hybridized carbons (Fsp3) is 0.333. The molecule has 0 amide bonds. The molecule has 1 heterocycles. The summed E-state index contributed by atoms with van der Waals surface area (Å²) in [4.78, 5) is 3.62. The maximum absolute atomic E-state index is 6.19. The molecule has 18 heavy (non-hydrogen) atoms. The fourth-order valence-electron chi connectivity index (χ4n) is 2.67. The van der Waals surface area contributed by atoms with Gasteiger partial charge in [-0.2, -0.15) is 0 Å². The van der Waals surface area contributed by atoms with Crippen LogP contribution in [0.1, 0.15) is 16.9 Å². The standard InChI is InChI=1S/C15H18N2S/c1-17(2)11-8-6-10(7-9-11)14-12-4-3-5-13(12)18-15(14)16/h6-9H,3-5,16H2,1-2H3. The van der Waals surface area contributed by atoms with Crippen molar-refractivity contribution >= 4 is 22.0 Å². The second-order valence-corrected chi connectivity index (χ2v) is 6.17. The van der Waals surface area contributed by atoms with Gasteiger partial charge in [-0.15, -0.1) is 11.3 Å². The van der Waals surface area contributed by atoms with Gasteiger partial charge in [-0.05, 0) is 42.5 Å². The van der Waals surface area contributed by atoms with Crippen LogP contribution in [-0.2, 0) is 12.8 Å². The molecule has 0 saturated carbocycles. The molecule has 2 nitrogen and oxygen atoms in total. The normalized spacial score (nSPS) is 13.7. The highest BCUT2D eigenvalue weighted by atomic mass is 32.1. The first-order valence-corrected chi connectivity index (χ1v) is 7.16. The van der Waals surface area contributed by atoms with E-state index in [9.17, 15) is 0 Å². The smallest absolute Gasteiger partial charge is 0.0941 e. The third-order valence-corrected chi connectivity index (χ3v) is 4.74. The van der Waals surface area contributed by atoms with Crippen LogP contribution < -0.4 is 10.6 Å². The van der Waals surface area contributed by atoms with Crippen LogP contribution in [0.4, 0.5) is 10.7 Å². The van der Waals surface area contributed by atoms with Gasteiger partial charge in [0.15, 0.2) is 0 Å². The minimum Gasteiger partial charge on any atom is -0.390 e. The van der Waals surface area contributed by atoms with E-state index in [1.54, 1.807) is 11.3 Å². The van der Waals surface area contributed by atoms with E-state index in [1.165, 1.54) is 46.5 Å². The Morgan fingerprint density at radius 2 is 1.83 bits per heavy atom. The molecule has 1 aliphatic carbocycles. The summed E-state index contributed by atoms with van der Waals surface area (Å²) in [6.07, 6.45) is 3.68. The Hall–Kier alpha value is -1.48. The maximum atomic E-state index is 6.19. The van der Waals surface area contributed by atoms with Crippen LogP contribution in [0.25, 0.3) is 11.1 Å². The van der Waals surface area contributed by atoms with Crippen molar-refractivity contribution in [2.24, 2.45) is 0 Å². The second-order valence-electron chi connectivity index (χ2n) is 5.04. The van der Waals surface area contributed by atoms with Crippen molar-refractivity contribution in [2.45, 2.75) is 19.3 Å². The lowest BCUT2D eigenvalue weighted by Gasteiger charge is -2.13. The molecule has 0 fully saturated rings. The van der Waals surface area contributed by atoms with Crippen molar-refractivity contribution in [1.29, 1.82) is 0 Å². The monoisotopic (exact) mass is 258 g/mol. The summed E-state index contributed by atoms with van der Waals surface area (Å²) in [6.45, 7) is 0. The van der Waals surface area contributed by atoms with Gasteiger partial charge in [-0.1, -0.05) is 12.1 Å². The Morgan fingerprint density at radius 3 is 2.50 bits per heavy atom. The highest BCUT2D eigenvalue weighted by molar-refractivity contribution is 7.16. The SMILES string of the molecule is CN(C)c1ccc(-c2c(N)sc3c2CCC3)cc1. The summed E-state index contributed by atoms with van der Waals surface area (Å²) < 4.78 is 0. The average molecular weight is 258 g/mol. The highest BCUT2D eigenvalue weighted by Crippen LogP contribution is 2.43. The van der Waals surface area contributed by atoms with Gasteiger partial charge in [0, 0.05) is 30.2 Å². The van der Waals surface area contributed by atoms with E-state index >= 15 is 0 Å². The molecule has 1 aromatic heterocycles. The van der Waals surface area contributed by atoms with Crippen molar-refractivity contribution in [3.63, 3.8) is 0 Å². The van der Waals surface area contributed by atoms with Crippen LogP contribution in [0.3, 0.4) is 0 Å². The Balaban J connectivity index is 2.05. The summed E-state index contributed by atoms with van der Waals surface area (Å²) in [5.41, 5.74) is 11.5. The average Bonchev–Trinajstić information content (AvgIpc) is 2.89. The van der Waals surface area contributed by atoms with E-state index in [4.69, 9.17) is 5.73 Å². The number of nitrogens with two attached hydrogens (primary N) is 1. The first kappa shape index (κ1) is 11.6. The van der Waals surface area contributed by atoms with Crippen molar-refractivity contribution in [3.8, 4) is 11.1 Å². The van der Waals surface area contributed by atoms with E-state index in [2.05, 4.69) is 43.3 Å². The lowest BCUT2D eigenvalue weighted by Crippen LogP contribution is -2.07. The van der Waals surface area contributed by atoms with Gasteiger partial charge in [-0.3, -0.25) is 0 Å². The third-order valence-electron chi connectivity index (χ3n) is 3.62. The number of aryl methyl sites for hydroxylation is 1. The predicted octanol–water partition coefficient (Wildman–Crippen LogP) is 3.55. The number of rotatable bonds is 2. The van der Waals surface area contributed by atoms with Gasteiger partial charge < -0.3 is 10.6 Å². The Bertz CT molecular complexity index is 567. The fourth-order valence-corrected chi connectivity index (χ4v) is 3.85. The number of thiophene rings is 1. The number of nitrogen functional groups attached to an aromatic ring is 1. The lowest BCUT2D eigenvalue weighted by atomic mass is 10.0. The molecule has 1 aromatic carbocycles. The molecule has 0 bridgehead atoms. The molecule has 1 aliphatic rings. The lowest BCUT2D eigenvalue weighted by molar-refractivity contribution is 0.915. The van der Waals surface area contributed by atoms with Gasteiger partial charge >= 0.3 is 0 Å².